The van der Waals surface area contributed by atoms with E-state index in [0.29, 0.717) is 0 Å². The first-order chi connectivity index (χ1) is 6.83. The summed E-state index contributed by atoms with van der Waals surface area (Å²) in [6.07, 6.45) is 4.36. The molecular formula is C12H19NO. The zero-order valence-electron chi connectivity index (χ0n) is 8.78. The highest BCUT2D eigenvalue weighted by atomic mass is 16.5. The van der Waals surface area contributed by atoms with E-state index in [-0.39, 0.29) is 6.23 Å². The van der Waals surface area contributed by atoms with E-state index in [2.05, 4.69) is 6.92 Å². The molecule has 0 amide bonds. The summed E-state index contributed by atoms with van der Waals surface area (Å²) in [5.41, 5.74) is 5.82. The number of unbranched alkanes of at least 4 members (excludes halogenated alkanes) is 2. The maximum atomic E-state index is 5.82. The normalized spacial score (nSPS) is 12.4. The minimum absolute atomic E-state index is 0.163. The van der Waals surface area contributed by atoms with Gasteiger partial charge in [0.25, 0.3) is 0 Å². The van der Waals surface area contributed by atoms with E-state index in [0.717, 1.165) is 18.6 Å². The topological polar surface area (TPSA) is 35.2 Å². The Bertz CT molecular complexity index is 235. The Hall–Kier alpha value is -1.02. The summed E-state index contributed by atoms with van der Waals surface area (Å²) in [4.78, 5) is 0. The summed E-state index contributed by atoms with van der Waals surface area (Å²) in [6.45, 7) is 2.18. The van der Waals surface area contributed by atoms with Crippen LogP contribution >= 0.6 is 0 Å². The summed E-state index contributed by atoms with van der Waals surface area (Å²) >= 11 is 0. The molecule has 0 bridgehead atoms. The van der Waals surface area contributed by atoms with Crippen molar-refractivity contribution in [2.75, 3.05) is 0 Å². The van der Waals surface area contributed by atoms with Gasteiger partial charge in [0.15, 0.2) is 0 Å². The van der Waals surface area contributed by atoms with Crippen molar-refractivity contribution in [1.82, 2.24) is 0 Å². The van der Waals surface area contributed by atoms with E-state index >= 15 is 0 Å². The molecule has 1 aromatic carbocycles. The van der Waals surface area contributed by atoms with Crippen LogP contribution in [-0.4, -0.2) is 6.23 Å². The van der Waals surface area contributed by atoms with Gasteiger partial charge in [-0.3, -0.25) is 5.73 Å². The van der Waals surface area contributed by atoms with Crippen LogP contribution in [0.25, 0.3) is 0 Å². The summed E-state index contributed by atoms with van der Waals surface area (Å²) in [5, 5.41) is 0. The fraction of sp³-hybridized carbons (Fsp3) is 0.500. The molecule has 2 nitrogen and oxygen atoms in total. The van der Waals surface area contributed by atoms with Gasteiger partial charge in [-0.15, -0.1) is 0 Å². The van der Waals surface area contributed by atoms with E-state index in [1.54, 1.807) is 0 Å². The van der Waals surface area contributed by atoms with E-state index in [4.69, 9.17) is 10.5 Å². The van der Waals surface area contributed by atoms with Crippen LogP contribution in [0.4, 0.5) is 0 Å². The van der Waals surface area contributed by atoms with E-state index in [9.17, 15) is 0 Å². The van der Waals surface area contributed by atoms with Gasteiger partial charge < -0.3 is 4.74 Å². The van der Waals surface area contributed by atoms with Crippen LogP contribution in [0.2, 0.25) is 0 Å². The first-order valence-electron chi connectivity index (χ1n) is 5.30. The molecule has 0 aliphatic rings. The summed E-state index contributed by atoms with van der Waals surface area (Å²) in [6, 6.07) is 9.73. The van der Waals surface area contributed by atoms with Gasteiger partial charge in [-0.1, -0.05) is 38.0 Å². The van der Waals surface area contributed by atoms with E-state index < -0.39 is 0 Å². The number of hydrogen-bond acceptors (Lipinski definition) is 2. The molecule has 0 spiro atoms. The zero-order chi connectivity index (χ0) is 10.2. The van der Waals surface area contributed by atoms with Crippen molar-refractivity contribution in [2.24, 2.45) is 5.73 Å². The van der Waals surface area contributed by atoms with Crippen LogP contribution < -0.4 is 10.5 Å². The van der Waals surface area contributed by atoms with Gasteiger partial charge in [0, 0.05) is 0 Å². The van der Waals surface area contributed by atoms with Crippen LogP contribution in [-0.2, 0) is 0 Å². The Balaban J connectivity index is 2.23. The van der Waals surface area contributed by atoms with Crippen molar-refractivity contribution in [1.29, 1.82) is 0 Å². The van der Waals surface area contributed by atoms with Gasteiger partial charge in [0.1, 0.15) is 12.0 Å². The molecule has 0 saturated heterocycles. The molecule has 1 unspecified atom stereocenters. The lowest BCUT2D eigenvalue weighted by atomic mass is 10.2. The minimum Gasteiger partial charge on any atom is -0.476 e. The van der Waals surface area contributed by atoms with Crippen LogP contribution in [0.5, 0.6) is 5.75 Å². The van der Waals surface area contributed by atoms with Gasteiger partial charge in [0.2, 0.25) is 0 Å². The maximum Gasteiger partial charge on any atom is 0.147 e. The number of nitrogens with two attached hydrogens (primary N) is 1. The molecule has 2 heteroatoms. The third kappa shape index (κ3) is 4.28. The van der Waals surface area contributed by atoms with Crippen molar-refractivity contribution in [2.45, 2.75) is 38.8 Å². The van der Waals surface area contributed by atoms with Crippen LogP contribution in [0.15, 0.2) is 30.3 Å². The Kier molecular flexibility index (Phi) is 5.08. The highest BCUT2D eigenvalue weighted by Gasteiger charge is 2.02. The van der Waals surface area contributed by atoms with Gasteiger partial charge >= 0.3 is 0 Å². The standard InChI is InChI=1S/C12H19NO/c1-2-3-5-10-12(13)14-11-8-6-4-7-9-11/h4,6-9,12H,2-3,5,10,13H2,1H3. The molecule has 78 valence electrons. The molecule has 1 atom stereocenters. The lowest BCUT2D eigenvalue weighted by Gasteiger charge is -2.13. The lowest BCUT2D eigenvalue weighted by Crippen LogP contribution is -2.26. The van der Waals surface area contributed by atoms with Crippen LogP contribution in [0, 0.1) is 0 Å². The fourth-order valence-corrected chi connectivity index (χ4v) is 1.33. The Morgan fingerprint density at radius 1 is 1.21 bits per heavy atom. The predicted molar refractivity (Wildman–Crippen MR) is 59.2 cm³/mol. The predicted octanol–water partition coefficient (Wildman–Crippen LogP) is 2.93. The number of ether oxygens (including phenoxy) is 1. The summed E-state index contributed by atoms with van der Waals surface area (Å²) in [5.74, 6) is 0.858. The third-order valence-electron chi connectivity index (χ3n) is 2.12. The molecule has 2 N–H and O–H groups in total. The molecule has 0 fully saturated rings. The van der Waals surface area contributed by atoms with Gasteiger partial charge in [-0.05, 0) is 25.0 Å². The Morgan fingerprint density at radius 2 is 1.93 bits per heavy atom. The van der Waals surface area contributed by atoms with E-state index in [1.807, 2.05) is 30.3 Å². The average Bonchev–Trinajstić information content (AvgIpc) is 2.20. The Labute approximate surface area is 86.1 Å². The Morgan fingerprint density at radius 3 is 2.57 bits per heavy atom. The number of para-hydroxylation sites is 1. The molecular weight excluding hydrogens is 174 g/mol. The van der Waals surface area contributed by atoms with Crippen molar-refractivity contribution in [3.8, 4) is 5.75 Å². The highest BCUT2D eigenvalue weighted by Crippen LogP contribution is 2.11. The van der Waals surface area contributed by atoms with E-state index in [1.165, 1.54) is 12.8 Å². The van der Waals surface area contributed by atoms with Crippen LogP contribution in [0.1, 0.15) is 32.6 Å². The summed E-state index contributed by atoms with van der Waals surface area (Å²) in [7, 11) is 0. The molecule has 0 aliphatic heterocycles. The molecule has 0 heterocycles. The van der Waals surface area contributed by atoms with Gasteiger partial charge in [0.05, 0.1) is 0 Å². The number of hydrogen-bond donors (Lipinski definition) is 1. The number of rotatable bonds is 6. The molecule has 14 heavy (non-hydrogen) atoms. The molecule has 0 aliphatic carbocycles. The molecule has 0 radical (unpaired) electrons. The molecule has 0 aromatic heterocycles. The monoisotopic (exact) mass is 193 g/mol. The van der Waals surface area contributed by atoms with Crippen molar-refractivity contribution >= 4 is 0 Å². The van der Waals surface area contributed by atoms with Crippen molar-refractivity contribution < 1.29 is 4.74 Å². The minimum atomic E-state index is -0.163. The quantitative estimate of drug-likeness (QED) is 0.557. The highest BCUT2D eigenvalue weighted by molar-refractivity contribution is 5.21. The lowest BCUT2D eigenvalue weighted by molar-refractivity contribution is 0.194. The van der Waals surface area contributed by atoms with Gasteiger partial charge in [-0.2, -0.15) is 0 Å². The summed E-state index contributed by atoms with van der Waals surface area (Å²) < 4.78 is 5.54. The molecule has 0 saturated carbocycles. The maximum absolute atomic E-state index is 5.82. The zero-order valence-corrected chi connectivity index (χ0v) is 8.78. The SMILES string of the molecule is CCCCCC(N)Oc1ccccc1. The number of benzene rings is 1. The first-order valence-corrected chi connectivity index (χ1v) is 5.30. The van der Waals surface area contributed by atoms with Crippen molar-refractivity contribution in [3.63, 3.8) is 0 Å². The van der Waals surface area contributed by atoms with Crippen LogP contribution in [0.3, 0.4) is 0 Å². The third-order valence-corrected chi connectivity index (χ3v) is 2.12. The second-order valence-electron chi connectivity index (χ2n) is 3.47. The average molecular weight is 193 g/mol. The van der Waals surface area contributed by atoms with Gasteiger partial charge in [-0.25, -0.2) is 0 Å². The molecule has 1 rings (SSSR count). The molecule has 1 aromatic rings. The fourth-order valence-electron chi connectivity index (χ4n) is 1.33. The second kappa shape index (κ2) is 6.44. The second-order valence-corrected chi connectivity index (χ2v) is 3.47. The van der Waals surface area contributed by atoms with Crippen molar-refractivity contribution in [3.05, 3.63) is 30.3 Å². The largest absolute Gasteiger partial charge is 0.476 e. The smallest absolute Gasteiger partial charge is 0.147 e. The first kappa shape index (κ1) is 11.1.